The van der Waals surface area contributed by atoms with Crippen LogP contribution in [0.4, 0.5) is 0 Å². The summed E-state index contributed by atoms with van der Waals surface area (Å²) >= 11 is 3.67. The number of aromatic nitrogens is 4. The lowest BCUT2D eigenvalue weighted by Gasteiger charge is -2.42. The number of rotatable bonds is 6. The van der Waals surface area contributed by atoms with Gasteiger partial charge in [0.05, 0.1) is 22.8 Å². The van der Waals surface area contributed by atoms with Crippen LogP contribution >= 0.6 is 22.7 Å². The van der Waals surface area contributed by atoms with E-state index in [9.17, 15) is 0 Å². The molecule has 70 heavy (non-hydrogen) atoms. The van der Waals surface area contributed by atoms with Crippen LogP contribution in [0, 0.1) is 0 Å². The van der Waals surface area contributed by atoms with Gasteiger partial charge in [-0.25, -0.2) is 19.9 Å². The van der Waals surface area contributed by atoms with Gasteiger partial charge in [0, 0.05) is 85.6 Å². The third-order valence-corrected chi connectivity index (χ3v) is 16.8. The van der Waals surface area contributed by atoms with Crippen molar-refractivity contribution >= 4 is 63.0 Å². The van der Waals surface area contributed by atoms with Gasteiger partial charge in [-0.2, -0.15) is 0 Å². The molecule has 9 aromatic carbocycles. The summed E-state index contributed by atoms with van der Waals surface area (Å²) in [4.78, 5) is 21.4. The van der Waals surface area contributed by atoms with Gasteiger partial charge < -0.3 is 0 Å². The Bertz CT molecular complexity index is 3990. The maximum Gasteiger partial charge on any atom is 0.160 e. The van der Waals surface area contributed by atoms with E-state index in [0.29, 0.717) is 0 Å². The molecular weight excluding hydrogens is 889 g/mol. The summed E-state index contributed by atoms with van der Waals surface area (Å²) in [6.07, 6.45) is 0. The maximum atomic E-state index is 5.38. The van der Waals surface area contributed by atoms with Gasteiger partial charge in [-0.05, 0) is 94.0 Å². The molecule has 13 aromatic rings. The van der Waals surface area contributed by atoms with Crippen LogP contribution in [0.2, 0.25) is 0 Å². The molecule has 3 aliphatic rings. The van der Waals surface area contributed by atoms with E-state index in [4.69, 9.17) is 19.9 Å². The second-order valence-corrected chi connectivity index (χ2v) is 20.6. The van der Waals surface area contributed by atoms with E-state index in [0.717, 1.165) is 67.8 Å². The summed E-state index contributed by atoms with van der Waals surface area (Å²) < 4.78 is 5.14. The van der Waals surface area contributed by atoms with Crippen LogP contribution in [-0.4, -0.2) is 19.9 Å². The first-order valence-electron chi connectivity index (χ1n) is 23.7. The number of hydrogen-bond acceptors (Lipinski definition) is 6. The lowest BCUT2D eigenvalue weighted by Crippen LogP contribution is -2.27. The molecule has 4 heterocycles. The Kier molecular flexibility index (Phi) is 8.79. The van der Waals surface area contributed by atoms with Gasteiger partial charge in [0.1, 0.15) is 0 Å². The van der Waals surface area contributed by atoms with Gasteiger partial charge in [-0.3, -0.25) is 0 Å². The van der Waals surface area contributed by atoms with Gasteiger partial charge in [-0.15, -0.1) is 22.7 Å². The maximum absolute atomic E-state index is 5.38. The Morgan fingerprint density at radius 3 is 1.06 bits per heavy atom. The molecule has 0 aliphatic heterocycles. The highest BCUT2D eigenvalue weighted by molar-refractivity contribution is 7.26. The summed E-state index contributed by atoms with van der Waals surface area (Å²) in [5.74, 6) is 1.53. The average Bonchev–Trinajstić information content (AvgIpc) is 4.00. The van der Waals surface area contributed by atoms with Crippen molar-refractivity contribution in [2.45, 2.75) is 11.8 Å². The summed E-state index contributed by atoms with van der Waals surface area (Å²) in [6.45, 7) is 0. The highest BCUT2D eigenvalue weighted by Crippen LogP contribution is 2.57. The Hall–Kier alpha value is -8.42. The fourth-order valence-corrected chi connectivity index (χ4v) is 13.4. The number of thiophene rings is 2. The van der Waals surface area contributed by atoms with Crippen molar-refractivity contribution in [3.63, 3.8) is 0 Å². The molecule has 3 aliphatic carbocycles. The number of nitrogens with zero attached hydrogens (tertiary/aromatic N) is 4. The molecule has 2 atom stereocenters. The molecule has 0 radical (unpaired) electrons. The van der Waals surface area contributed by atoms with Crippen LogP contribution in [0.1, 0.15) is 45.2 Å². The van der Waals surface area contributed by atoms with Crippen LogP contribution < -0.4 is 0 Å². The smallest absolute Gasteiger partial charge is 0.160 e. The average molecular weight is 927 g/mol. The second-order valence-electron chi connectivity index (χ2n) is 18.5. The minimum atomic E-state index is 0.0468. The number of fused-ring (bicyclic) bond motifs is 6. The molecule has 0 saturated heterocycles. The molecule has 0 amide bonds. The van der Waals surface area contributed by atoms with Crippen LogP contribution in [0.3, 0.4) is 0 Å². The first-order chi connectivity index (χ1) is 34.6. The lowest BCUT2D eigenvalue weighted by atomic mass is 9.61. The molecule has 0 spiro atoms. The zero-order valence-corrected chi connectivity index (χ0v) is 39.2. The molecule has 2 unspecified atom stereocenters. The topological polar surface area (TPSA) is 51.6 Å². The van der Waals surface area contributed by atoms with E-state index < -0.39 is 0 Å². The summed E-state index contributed by atoms with van der Waals surface area (Å²) in [5, 5.41) is 5.06. The van der Waals surface area contributed by atoms with E-state index in [-0.39, 0.29) is 11.8 Å². The van der Waals surface area contributed by atoms with Crippen LogP contribution in [0.25, 0.3) is 108 Å². The molecule has 0 fully saturated rings. The van der Waals surface area contributed by atoms with E-state index in [1.165, 1.54) is 73.7 Å². The monoisotopic (exact) mass is 926 g/mol. The molecule has 0 saturated carbocycles. The quantitative estimate of drug-likeness (QED) is 0.167. The summed E-state index contributed by atoms with van der Waals surface area (Å²) in [7, 11) is 0. The molecule has 2 bridgehead atoms. The van der Waals surface area contributed by atoms with Gasteiger partial charge >= 0.3 is 0 Å². The van der Waals surface area contributed by atoms with Crippen molar-refractivity contribution in [3.05, 3.63) is 252 Å². The molecule has 6 heteroatoms. The predicted octanol–water partition coefficient (Wildman–Crippen LogP) is 17.0. The molecular formula is C64H38N4S2. The Labute approximate surface area is 411 Å². The van der Waals surface area contributed by atoms with Gasteiger partial charge in [0.25, 0.3) is 0 Å². The molecule has 326 valence electrons. The van der Waals surface area contributed by atoms with E-state index in [1.807, 2.05) is 22.7 Å². The fourth-order valence-electron chi connectivity index (χ4n) is 11.2. The number of benzene rings is 9. The Morgan fingerprint density at radius 2 is 0.600 bits per heavy atom. The van der Waals surface area contributed by atoms with Crippen LogP contribution in [-0.2, 0) is 0 Å². The number of hydrogen-bond donors (Lipinski definition) is 0. The van der Waals surface area contributed by atoms with Crippen molar-refractivity contribution in [1.82, 2.24) is 19.9 Å². The normalized spacial score (nSPS) is 14.6. The standard InChI is InChI=1S/C64H38N4S2/c1-3-13-37(14-4-1)53-35-55(39-25-29-59-49(31-39)43-17-9-11-21-57(43)69-59)67-63(65-53)41-23-27-47-51(33-41)61-45-19-7-8-20-46(45)62(47)52-34-42(24-28-48(52)61)64-66-54(38-15-5-2-6-16-38)36-56(68-64)40-26-30-60-50(32-40)44-18-10-12-22-58(44)70-60/h1-36,61-62H. The van der Waals surface area contributed by atoms with Crippen LogP contribution in [0.5, 0.6) is 0 Å². The van der Waals surface area contributed by atoms with Crippen molar-refractivity contribution in [1.29, 1.82) is 0 Å². The highest BCUT2D eigenvalue weighted by atomic mass is 32.1. The fraction of sp³-hybridized carbons (Fsp3) is 0.0312. The highest BCUT2D eigenvalue weighted by Gasteiger charge is 2.41. The third kappa shape index (κ3) is 6.27. The van der Waals surface area contributed by atoms with Crippen molar-refractivity contribution in [2.75, 3.05) is 0 Å². The Morgan fingerprint density at radius 1 is 0.243 bits per heavy atom. The van der Waals surface area contributed by atoms with Crippen LogP contribution in [0.15, 0.2) is 218 Å². The minimum absolute atomic E-state index is 0.0468. The molecule has 4 nitrogen and oxygen atoms in total. The first-order valence-corrected chi connectivity index (χ1v) is 25.4. The van der Waals surface area contributed by atoms with Crippen molar-refractivity contribution in [2.24, 2.45) is 0 Å². The lowest BCUT2D eigenvalue weighted by molar-refractivity contribution is 0.754. The molecule has 0 N–H and O–H groups in total. The zero-order chi connectivity index (χ0) is 45.9. The predicted molar refractivity (Wildman–Crippen MR) is 291 cm³/mol. The summed E-state index contributed by atoms with van der Waals surface area (Å²) in [6, 6.07) is 79.0. The van der Waals surface area contributed by atoms with Crippen molar-refractivity contribution in [3.8, 4) is 67.8 Å². The van der Waals surface area contributed by atoms with Crippen molar-refractivity contribution < 1.29 is 0 Å². The van der Waals surface area contributed by atoms with Gasteiger partial charge in [-0.1, -0.05) is 158 Å². The first kappa shape index (κ1) is 39.6. The largest absolute Gasteiger partial charge is 0.228 e. The molecule has 16 rings (SSSR count). The van der Waals surface area contributed by atoms with E-state index in [1.54, 1.807) is 0 Å². The van der Waals surface area contributed by atoms with E-state index in [2.05, 4.69) is 218 Å². The summed E-state index contributed by atoms with van der Waals surface area (Å²) in [5.41, 5.74) is 17.9. The van der Waals surface area contributed by atoms with Gasteiger partial charge in [0.2, 0.25) is 0 Å². The Balaban J connectivity index is 0.857. The second kappa shape index (κ2) is 15.6. The minimum Gasteiger partial charge on any atom is -0.228 e. The SMILES string of the molecule is c1ccc(-c2cc(-c3ccc4sc5ccccc5c4c3)nc(-c3ccc4c(c3)C3c5ccccc5C4c4cc(-c5nc(-c6ccccc6)cc(-c6ccc7sc8ccccc8c7c6)n5)ccc43)n2)cc1. The van der Waals surface area contributed by atoms with Gasteiger partial charge in [0.15, 0.2) is 11.6 Å². The molecule has 4 aromatic heterocycles. The van der Waals surface area contributed by atoms with E-state index >= 15 is 0 Å². The zero-order valence-electron chi connectivity index (χ0n) is 37.5. The third-order valence-electron chi connectivity index (χ3n) is 14.5.